The van der Waals surface area contributed by atoms with E-state index in [4.69, 9.17) is 14.2 Å². The monoisotopic (exact) mass is 483 g/mol. The third-order valence-corrected chi connectivity index (χ3v) is 5.35. The summed E-state index contributed by atoms with van der Waals surface area (Å²) in [5, 5.41) is 17.2. The lowest BCUT2D eigenvalue weighted by Gasteiger charge is -2.28. The summed E-state index contributed by atoms with van der Waals surface area (Å²) in [6.07, 6.45) is 0. The number of carbonyl (C=O) groups is 2. The summed E-state index contributed by atoms with van der Waals surface area (Å²) >= 11 is 0. The van der Waals surface area contributed by atoms with E-state index in [0.29, 0.717) is 5.70 Å². The van der Waals surface area contributed by atoms with Crippen molar-refractivity contribution in [2.24, 2.45) is 5.92 Å². The van der Waals surface area contributed by atoms with E-state index in [1.54, 1.807) is 6.92 Å². The van der Waals surface area contributed by atoms with Gasteiger partial charge in [-0.15, -0.1) is 0 Å². The highest BCUT2D eigenvalue weighted by Crippen LogP contribution is 2.42. The summed E-state index contributed by atoms with van der Waals surface area (Å²) in [6.45, 7) is 7.60. The molecule has 0 saturated carbocycles. The molecule has 35 heavy (non-hydrogen) atoms. The number of nitrogens with zero attached hydrogens (tertiary/aromatic N) is 1. The third kappa shape index (κ3) is 6.08. The van der Waals surface area contributed by atoms with Gasteiger partial charge in [0.15, 0.2) is 5.75 Å². The van der Waals surface area contributed by atoms with E-state index < -0.39 is 23.0 Å². The highest BCUT2D eigenvalue weighted by atomic mass is 16.6. The van der Waals surface area contributed by atoms with Crippen LogP contribution in [0, 0.1) is 23.0 Å². The van der Waals surface area contributed by atoms with Crippen LogP contribution in [0.25, 0.3) is 0 Å². The lowest BCUT2D eigenvalue weighted by atomic mass is 9.94. The van der Waals surface area contributed by atoms with Crippen LogP contribution >= 0.6 is 0 Å². The molecule has 1 aliphatic rings. The van der Waals surface area contributed by atoms with Crippen molar-refractivity contribution >= 4 is 17.7 Å². The van der Waals surface area contributed by atoms with Gasteiger partial charge in [0.25, 0.3) is 0 Å². The molecule has 0 bridgehead atoms. The van der Waals surface area contributed by atoms with Crippen LogP contribution in [0.5, 0.6) is 11.5 Å². The number of ether oxygens (including phenoxy) is 3. The standard InChI is InChI=1S/C25H29N3O7/c1-14(2)12-35-24(29)21-16(4)26-25(30)27-22(21)18-10-19(28(31)32)23(20(11-18)33-5)34-13-17-8-6-15(3)7-9-17/h6-11,14,22H,12-13H2,1-5H3,(H2,26,27,30). The molecular formula is C25H29N3O7. The molecule has 1 unspecified atom stereocenters. The smallest absolute Gasteiger partial charge is 0.338 e. The van der Waals surface area contributed by atoms with E-state index in [-0.39, 0.29) is 47.5 Å². The number of nitro benzene ring substituents is 1. The zero-order chi connectivity index (χ0) is 25.7. The zero-order valence-corrected chi connectivity index (χ0v) is 20.3. The molecular weight excluding hydrogens is 454 g/mol. The minimum Gasteiger partial charge on any atom is -0.493 e. The number of methoxy groups -OCH3 is 1. The molecule has 2 aromatic rings. The minimum atomic E-state index is -0.984. The fraction of sp³-hybridized carbons (Fsp3) is 0.360. The Morgan fingerprint density at radius 2 is 1.86 bits per heavy atom. The average Bonchev–Trinajstić information content (AvgIpc) is 2.81. The Hall–Kier alpha value is -4.08. The van der Waals surface area contributed by atoms with Crippen LogP contribution in [0.15, 0.2) is 47.7 Å². The summed E-state index contributed by atoms with van der Waals surface area (Å²) < 4.78 is 16.6. The molecule has 1 heterocycles. The maximum Gasteiger partial charge on any atom is 0.338 e. The molecule has 0 aliphatic carbocycles. The second-order valence-corrected chi connectivity index (χ2v) is 8.67. The molecule has 0 fully saturated rings. The van der Waals surface area contributed by atoms with Crippen molar-refractivity contribution in [2.75, 3.05) is 13.7 Å². The molecule has 2 amide bonds. The Balaban J connectivity index is 2.01. The number of hydrogen-bond acceptors (Lipinski definition) is 7. The molecule has 1 aliphatic heterocycles. The number of nitrogens with one attached hydrogen (secondary N) is 2. The number of amides is 2. The van der Waals surface area contributed by atoms with Crippen molar-refractivity contribution in [3.63, 3.8) is 0 Å². The van der Waals surface area contributed by atoms with Gasteiger partial charge in [0.05, 0.1) is 30.3 Å². The first-order chi connectivity index (χ1) is 16.6. The molecule has 3 rings (SSSR count). The zero-order valence-electron chi connectivity index (χ0n) is 20.3. The lowest BCUT2D eigenvalue weighted by molar-refractivity contribution is -0.386. The Labute approximate surface area is 203 Å². The maximum atomic E-state index is 12.9. The average molecular weight is 484 g/mol. The number of hydrogen-bond donors (Lipinski definition) is 2. The van der Waals surface area contributed by atoms with Crippen LogP contribution in [0.3, 0.4) is 0 Å². The second kappa shape index (κ2) is 10.9. The maximum absolute atomic E-state index is 12.9. The van der Waals surface area contributed by atoms with Crippen LogP contribution < -0.4 is 20.1 Å². The van der Waals surface area contributed by atoms with E-state index in [0.717, 1.165) is 11.1 Å². The van der Waals surface area contributed by atoms with Gasteiger partial charge >= 0.3 is 17.7 Å². The summed E-state index contributed by atoms with van der Waals surface area (Å²) in [6, 6.07) is 8.83. The first-order valence-corrected chi connectivity index (χ1v) is 11.1. The first-order valence-electron chi connectivity index (χ1n) is 11.1. The number of aryl methyl sites for hydroxylation is 1. The molecule has 1 atom stereocenters. The van der Waals surface area contributed by atoms with Gasteiger partial charge in [-0.05, 0) is 37.0 Å². The predicted octanol–water partition coefficient (Wildman–Crippen LogP) is 4.32. The van der Waals surface area contributed by atoms with Gasteiger partial charge < -0.3 is 24.8 Å². The molecule has 0 aromatic heterocycles. The number of benzene rings is 2. The van der Waals surface area contributed by atoms with Crippen LogP contribution in [0.2, 0.25) is 0 Å². The number of allylic oxidation sites excluding steroid dienone is 1. The van der Waals surface area contributed by atoms with Crippen molar-refractivity contribution in [1.82, 2.24) is 10.6 Å². The Morgan fingerprint density at radius 3 is 2.46 bits per heavy atom. The van der Waals surface area contributed by atoms with E-state index >= 15 is 0 Å². The first kappa shape index (κ1) is 25.5. The summed E-state index contributed by atoms with van der Waals surface area (Å²) in [5.74, 6) is -0.473. The highest BCUT2D eigenvalue weighted by Gasteiger charge is 2.35. The van der Waals surface area contributed by atoms with Crippen molar-refractivity contribution < 1.29 is 28.7 Å². The van der Waals surface area contributed by atoms with Gasteiger partial charge in [0.2, 0.25) is 5.75 Å². The van der Waals surface area contributed by atoms with Gasteiger partial charge in [-0.25, -0.2) is 9.59 Å². The lowest BCUT2D eigenvalue weighted by Crippen LogP contribution is -2.45. The van der Waals surface area contributed by atoms with E-state index in [1.165, 1.54) is 19.2 Å². The molecule has 2 aromatic carbocycles. The van der Waals surface area contributed by atoms with Gasteiger partial charge in [0, 0.05) is 11.8 Å². The summed E-state index contributed by atoms with van der Waals surface area (Å²) in [5.41, 5.74) is 2.28. The Kier molecular flexibility index (Phi) is 7.95. The van der Waals surface area contributed by atoms with E-state index in [2.05, 4.69) is 10.6 Å². The van der Waals surface area contributed by atoms with Crippen molar-refractivity contribution in [3.8, 4) is 11.5 Å². The molecule has 10 heteroatoms. The van der Waals surface area contributed by atoms with Gasteiger partial charge in [-0.2, -0.15) is 0 Å². The summed E-state index contributed by atoms with van der Waals surface area (Å²) in [4.78, 5) is 36.5. The number of carbonyl (C=O) groups excluding carboxylic acids is 2. The van der Waals surface area contributed by atoms with Crippen LogP contribution in [-0.2, 0) is 16.1 Å². The minimum absolute atomic E-state index is 0.0493. The SMILES string of the molecule is COc1cc(C2NC(=O)NC(C)=C2C(=O)OCC(C)C)cc([N+](=O)[O-])c1OCc1ccc(C)cc1. The molecule has 2 N–H and O–H groups in total. The van der Waals surface area contributed by atoms with E-state index in [1.807, 2.05) is 45.0 Å². The molecule has 186 valence electrons. The Bertz CT molecular complexity index is 1160. The molecule has 0 spiro atoms. The fourth-order valence-corrected chi connectivity index (χ4v) is 3.58. The van der Waals surface area contributed by atoms with Crippen molar-refractivity contribution in [2.45, 2.75) is 40.3 Å². The van der Waals surface area contributed by atoms with Gasteiger partial charge in [0.1, 0.15) is 6.61 Å². The van der Waals surface area contributed by atoms with Crippen molar-refractivity contribution in [3.05, 3.63) is 74.5 Å². The number of rotatable bonds is 9. The van der Waals surface area contributed by atoms with Gasteiger partial charge in [-0.1, -0.05) is 43.7 Å². The van der Waals surface area contributed by atoms with Crippen molar-refractivity contribution in [1.29, 1.82) is 0 Å². The third-order valence-electron chi connectivity index (χ3n) is 5.35. The number of nitro groups is 1. The van der Waals surface area contributed by atoms with Gasteiger partial charge in [-0.3, -0.25) is 10.1 Å². The number of esters is 1. The Morgan fingerprint density at radius 1 is 1.17 bits per heavy atom. The fourth-order valence-electron chi connectivity index (χ4n) is 3.58. The highest BCUT2D eigenvalue weighted by molar-refractivity contribution is 5.95. The van der Waals surface area contributed by atoms with Crippen LogP contribution in [0.4, 0.5) is 10.5 Å². The van der Waals surface area contributed by atoms with Crippen LogP contribution in [-0.4, -0.2) is 30.6 Å². The van der Waals surface area contributed by atoms with E-state index in [9.17, 15) is 19.7 Å². The largest absolute Gasteiger partial charge is 0.493 e. The summed E-state index contributed by atoms with van der Waals surface area (Å²) in [7, 11) is 1.36. The molecule has 10 nitrogen and oxygen atoms in total. The molecule has 0 radical (unpaired) electrons. The quantitative estimate of drug-likeness (QED) is 0.309. The van der Waals surface area contributed by atoms with Crippen LogP contribution in [0.1, 0.15) is 43.5 Å². The normalized spacial score (nSPS) is 15.4. The molecule has 0 saturated heterocycles. The predicted molar refractivity (Wildman–Crippen MR) is 128 cm³/mol. The second-order valence-electron chi connectivity index (χ2n) is 8.67. The number of urea groups is 1. The topological polar surface area (TPSA) is 129 Å².